The summed E-state index contributed by atoms with van der Waals surface area (Å²) < 4.78 is 27.3. The lowest BCUT2D eigenvalue weighted by Gasteiger charge is -2.19. The maximum Gasteiger partial charge on any atom is 0.132 e. The summed E-state index contributed by atoms with van der Waals surface area (Å²) in [5, 5.41) is 26.6. The van der Waals surface area contributed by atoms with Crippen LogP contribution in [0.2, 0.25) is 0 Å². The van der Waals surface area contributed by atoms with E-state index in [9.17, 15) is 19.0 Å². The van der Waals surface area contributed by atoms with Gasteiger partial charge in [-0.15, -0.1) is 0 Å². The van der Waals surface area contributed by atoms with Crippen LogP contribution in [0.3, 0.4) is 0 Å². The van der Waals surface area contributed by atoms with Gasteiger partial charge in [0.05, 0.1) is 0 Å². The highest BCUT2D eigenvalue weighted by atomic mass is 19.1. The Bertz CT molecular complexity index is 1620. The van der Waals surface area contributed by atoms with Crippen molar-refractivity contribution in [1.82, 2.24) is 0 Å². The minimum Gasteiger partial charge on any atom is -0.507 e. The van der Waals surface area contributed by atoms with E-state index >= 15 is 0 Å². The predicted octanol–water partition coefficient (Wildman–Crippen LogP) is 8.68. The molecule has 0 unspecified atom stereocenters. The van der Waals surface area contributed by atoms with Crippen molar-refractivity contribution in [2.75, 3.05) is 0 Å². The van der Waals surface area contributed by atoms with Gasteiger partial charge in [-0.2, -0.15) is 0 Å². The van der Waals surface area contributed by atoms with E-state index in [1.54, 1.807) is 24.3 Å². The molecule has 0 saturated carbocycles. The maximum absolute atomic E-state index is 13.6. The zero-order valence-electron chi connectivity index (χ0n) is 19.0. The maximum atomic E-state index is 13.6. The van der Waals surface area contributed by atoms with Crippen LogP contribution < -0.4 is 0 Å². The van der Waals surface area contributed by atoms with Gasteiger partial charge in [0, 0.05) is 22.3 Å². The lowest BCUT2D eigenvalue weighted by molar-refractivity contribution is 0.472. The highest BCUT2D eigenvalue weighted by molar-refractivity contribution is 6.13. The topological polar surface area (TPSA) is 40.5 Å². The van der Waals surface area contributed by atoms with Crippen LogP contribution in [0.5, 0.6) is 11.5 Å². The van der Waals surface area contributed by atoms with Crippen LogP contribution in [0.4, 0.5) is 8.78 Å². The fourth-order valence-electron chi connectivity index (χ4n) is 4.88. The molecule has 0 bridgehead atoms. The number of phenols is 2. The predicted molar refractivity (Wildman–Crippen MR) is 141 cm³/mol. The third-order valence-electron chi connectivity index (χ3n) is 6.60. The van der Waals surface area contributed by atoms with Crippen molar-refractivity contribution in [2.24, 2.45) is 0 Å². The molecule has 0 aliphatic rings. The first-order valence-electron chi connectivity index (χ1n) is 11.5. The Morgan fingerprint density at radius 2 is 0.806 bits per heavy atom. The second-order valence-electron chi connectivity index (χ2n) is 8.75. The molecular formula is C32H20F2O2. The third kappa shape index (κ3) is 3.55. The van der Waals surface area contributed by atoms with Crippen LogP contribution in [0.15, 0.2) is 109 Å². The Hall–Kier alpha value is -4.70. The number of benzene rings is 6. The van der Waals surface area contributed by atoms with Gasteiger partial charge in [-0.1, -0.05) is 72.8 Å². The van der Waals surface area contributed by atoms with Gasteiger partial charge in [0.1, 0.15) is 23.1 Å². The number of halogens is 2. The normalized spacial score (nSPS) is 11.3. The summed E-state index contributed by atoms with van der Waals surface area (Å²) in [6.07, 6.45) is 0. The summed E-state index contributed by atoms with van der Waals surface area (Å²) in [6.45, 7) is 0. The van der Waals surface area contributed by atoms with E-state index in [1.807, 2.05) is 60.7 Å². The molecule has 6 aromatic rings. The zero-order valence-corrected chi connectivity index (χ0v) is 19.0. The molecule has 0 spiro atoms. The van der Waals surface area contributed by atoms with Crippen molar-refractivity contribution < 1.29 is 19.0 Å². The van der Waals surface area contributed by atoms with Crippen LogP contribution in [0, 0.1) is 11.6 Å². The molecule has 0 saturated heterocycles. The third-order valence-corrected chi connectivity index (χ3v) is 6.60. The summed E-state index contributed by atoms with van der Waals surface area (Å²) in [4.78, 5) is 0. The van der Waals surface area contributed by atoms with Crippen molar-refractivity contribution in [3.63, 3.8) is 0 Å². The molecule has 6 rings (SSSR count). The minimum atomic E-state index is -0.366. The fraction of sp³-hybridized carbons (Fsp3) is 0. The second kappa shape index (κ2) is 8.51. The first-order valence-corrected chi connectivity index (χ1v) is 11.5. The minimum absolute atomic E-state index is 0.0167. The molecule has 36 heavy (non-hydrogen) atoms. The molecule has 0 radical (unpaired) electrons. The van der Waals surface area contributed by atoms with E-state index in [4.69, 9.17) is 0 Å². The molecule has 0 aromatic heterocycles. The van der Waals surface area contributed by atoms with Crippen molar-refractivity contribution in [2.45, 2.75) is 0 Å². The van der Waals surface area contributed by atoms with Gasteiger partial charge in [0.25, 0.3) is 0 Å². The number of hydrogen-bond donors (Lipinski definition) is 2. The van der Waals surface area contributed by atoms with Gasteiger partial charge in [-0.05, 0) is 69.1 Å². The molecule has 0 atom stereocenters. The molecule has 2 N–H and O–H groups in total. The summed E-state index contributed by atoms with van der Waals surface area (Å²) in [6, 6.07) is 30.9. The summed E-state index contributed by atoms with van der Waals surface area (Å²) in [5.41, 5.74) is 3.31. The van der Waals surface area contributed by atoms with Crippen molar-refractivity contribution >= 4 is 21.5 Å². The van der Waals surface area contributed by atoms with E-state index < -0.39 is 0 Å². The van der Waals surface area contributed by atoms with E-state index in [0.717, 1.165) is 21.5 Å². The largest absolute Gasteiger partial charge is 0.507 e. The quantitative estimate of drug-likeness (QED) is 0.269. The van der Waals surface area contributed by atoms with Gasteiger partial charge >= 0.3 is 0 Å². The van der Waals surface area contributed by atoms with Crippen molar-refractivity contribution in [3.8, 4) is 44.9 Å². The highest BCUT2D eigenvalue weighted by Crippen LogP contribution is 2.51. The molecule has 0 aliphatic heterocycles. The first-order chi connectivity index (χ1) is 17.5. The molecule has 174 valence electrons. The number of rotatable bonds is 3. The molecule has 0 amide bonds. The Morgan fingerprint density at radius 1 is 0.444 bits per heavy atom. The lowest BCUT2D eigenvalue weighted by atomic mass is 9.86. The number of hydrogen-bond acceptors (Lipinski definition) is 2. The SMILES string of the molecule is Oc1c(-c2ccc(F)cc2)cc2ccccc2c1-c1c(O)c(-c2ccc(F)cc2)cc2ccccc12. The molecule has 2 nitrogen and oxygen atoms in total. The van der Waals surface area contributed by atoms with Gasteiger partial charge < -0.3 is 10.2 Å². The van der Waals surface area contributed by atoms with E-state index in [-0.39, 0.29) is 23.1 Å². The van der Waals surface area contributed by atoms with Crippen LogP contribution in [0.1, 0.15) is 0 Å². The number of aromatic hydroxyl groups is 2. The summed E-state index contributed by atoms with van der Waals surface area (Å²) in [5.74, 6) is -0.765. The number of phenolic OH excluding ortho intramolecular Hbond substituents is 2. The summed E-state index contributed by atoms with van der Waals surface area (Å²) in [7, 11) is 0. The standard InChI is InChI=1S/C32H20F2O2/c33-23-13-9-19(10-14-23)27-17-21-5-1-3-7-25(21)29(31(27)35)30-26-8-4-2-6-22(26)18-28(32(30)36)20-11-15-24(34)16-12-20/h1-18,35-36H. The average Bonchev–Trinajstić information content (AvgIpc) is 2.90. The fourth-order valence-corrected chi connectivity index (χ4v) is 4.88. The van der Waals surface area contributed by atoms with Crippen molar-refractivity contribution in [3.05, 3.63) is 121 Å². The zero-order chi connectivity index (χ0) is 24.8. The molecular weight excluding hydrogens is 454 g/mol. The molecule has 0 fully saturated rings. The van der Waals surface area contributed by atoms with Crippen LogP contribution >= 0.6 is 0 Å². The van der Waals surface area contributed by atoms with E-state index in [2.05, 4.69) is 0 Å². The van der Waals surface area contributed by atoms with E-state index in [0.29, 0.717) is 33.4 Å². The van der Waals surface area contributed by atoms with Gasteiger partial charge in [-0.3, -0.25) is 0 Å². The number of fused-ring (bicyclic) bond motifs is 2. The van der Waals surface area contributed by atoms with Crippen LogP contribution in [-0.2, 0) is 0 Å². The summed E-state index contributed by atoms with van der Waals surface area (Å²) >= 11 is 0. The van der Waals surface area contributed by atoms with Gasteiger partial charge in [0.15, 0.2) is 0 Å². The van der Waals surface area contributed by atoms with Crippen LogP contribution in [0.25, 0.3) is 54.9 Å². The molecule has 0 aliphatic carbocycles. The van der Waals surface area contributed by atoms with Gasteiger partial charge in [0.2, 0.25) is 0 Å². The Kier molecular flexibility index (Phi) is 5.15. The smallest absolute Gasteiger partial charge is 0.132 e. The average molecular weight is 475 g/mol. The van der Waals surface area contributed by atoms with Gasteiger partial charge in [-0.25, -0.2) is 8.78 Å². The lowest BCUT2D eigenvalue weighted by Crippen LogP contribution is -1.92. The van der Waals surface area contributed by atoms with E-state index in [1.165, 1.54) is 24.3 Å². The molecule has 6 aromatic carbocycles. The Balaban J connectivity index is 1.75. The molecule has 0 heterocycles. The monoisotopic (exact) mass is 474 g/mol. The van der Waals surface area contributed by atoms with Crippen LogP contribution in [-0.4, -0.2) is 10.2 Å². The molecule has 4 heteroatoms. The van der Waals surface area contributed by atoms with Crippen molar-refractivity contribution in [1.29, 1.82) is 0 Å². The first kappa shape index (κ1) is 21.8. The highest BCUT2D eigenvalue weighted by Gasteiger charge is 2.23. The second-order valence-corrected chi connectivity index (χ2v) is 8.75. The Labute approximate surface area is 206 Å². The Morgan fingerprint density at radius 3 is 1.19 bits per heavy atom.